The Kier molecular flexibility index (Phi) is 5.40. The molecule has 24 heavy (non-hydrogen) atoms. The predicted molar refractivity (Wildman–Crippen MR) is 93.7 cm³/mol. The second kappa shape index (κ2) is 7.70. The number of rotatable bonds is 7. The van der Waals surface area contributed by atoms with Gasteiger partial charge in [0.1, 0.15) is 0 Å². The molecule has 0 aromatic heterocycles. The Labute approximate surface area is 145 Å². The number of benzene rings is 1. The maximum atomic E-state index is 11.9. The molecule has 2 N–H and O–H groups in total. The topological polar surface area (TPSA) is 78.5 Å². The first-order valence-electron chi connectivity index (χ1n) is 8.20. The molecule has 1 aliphatic carbocycles. The van der Waals surface area contributed by atoms with Crippen LogP contribution >= 0.6 is 11.8 Å². The largest absolute Gasteiger partial charge is 0.352 e. The van der Waals surface area contributed by atoms with Crippen molar-refractivity contribution in [3.05, 3.63) is 29.8 Å². The van der Waals surface area contributed by atoms with E-state index in [2.05, 4.69) is 10.6 Å². The molecule has 3 amide bonds. The van der Waals surface area contributed by atoms with Crippen molar-refractivity contribution in [2.75, 3.05) is 24.2 Å². The molecule has 128 valence electrons. The van der Waals surface area contributed by atoms with Crippen LogP contribution in [0, 0.1) is 5.92 Å². The van der Waals surface area contributed by atoms with Crippen LogP contribution in [-0.2, 0) is 16.1 Å². The molecule has 1 aromatic carbocycles. The Morgan fingerprint density at radius 3 is 2.83 bits per heavy atom. The zero-order chi connectivity index (χ0) is 16.9. The summed E-state index contributed by atoms with van der Waals surface area (Å²) in [6, 6.07) is 7.50. The second-order valence-electron chi connectivity index (χ2n) is 6.09. The number of nitrogens with zero attached hydrogens (tertiary/aromatic N) is 1. The summed E-state index contributed by atoms with van der Waals surface area (Å²) in [5.74, 6) is 0.969. The number of carbonyl (C=O) groups is 3. The summed E-state index contributed by atoms with van der Waals surface area (Å²) in [7, 11) is 0. The van der Waals surface area contributed by atoms with Crippen molar-refractivity contribution in [3.63, 3.8) is 0 Å². The van der Waals surface area contributed by atoms with Gasteiger partial charge < -0.3 is 15.5 Å². The lowest BCUT2D eigenvalue weighted by molar-refractivity contribution is -0.121. The first-order chi connectivity index (χ1) is 11.6. The van der Waals surface area contributed by atoms with Gasteiger partial charge in [0.25, 0.3) is 5.24 Å². The smallest absolute Gasteiger partial charge is 0.281 e. The van der Waals surface area contributed by atoms with E-state index in [0.717, 1.165) is 36.4 Å². The van der Waals surface area contributed by atoms with Gasteiger partial charge in [0.15, 0.2) is 0 Å². The molecule has 0 spiro atoms. The molecule has 1 saturated heterocycles. The Bertz CT molecular complexity index is 646. The van der Waals surface area contributed by atoms with Gasteiger partial charge in [-0.15, -0.1) is 0 Å². The molecule has 1 aliphatic heterocycles. The zero-order valence-electron chi connectivity index (χ0n) is 13.4. The fraction of sp³-hybridized carbons (Fsp3) is 0.471. The molecule has 0 unspecified atom stereocenters. The van der Waals surface area contributed by atoms with E-state index < -0.39 is 0 Å². The Morgan fingerprint density at radius 1 is 1.29 bits per heavy atom. The summed E-state index contributed by atoms with van der Waals surface area (Å²) in [5, 5.41) is 5.82. The number of hydrogen-bond acceptors (Lipinski definition) is 4. The Hall–Kier alpha value is -2.02. The van der Waals surface area contributed by atoms with Crippen LogP contribution in [0.3, 0.4) is 0 Å². The third-order valence-electron chi connectivity index (χ3n) is 4.09. The van der Waals surface area contributed by atoms with Crippen LogP contribution in [0.2, 0.25) is 0 Å². The van der Waals surface area contributed by atoms with Crippen LogP contribution in [-0.4, -0.2) is 40.8 Å². The summed E-state index contributed by atoms with van der Waals surface area (Å²) in [6.07, 6.45) is 2.25. The molecule has 1 heterocycles. The summed E-state index contributed by atoms with van der Waals surface area (Å²) >= 11 is 1.30. The highest BCUT2D eigenvalue weighted by atomic mass is 32.2. The van der Waals surface area contributed by atoms with Gasteiger partial charge in [-0.1, -0.05) is 23.9 Å². The highest BCUT2D eigenvalue weighted by molar-refractivity contribution is 8.13. The molecule has 1 saturated carbocycles. The number of amides is 3. The molecule has 2 fully saturated rings. The van der Waals surface area contributed by atoms with Crippen LogP contribution in [0.4, 0.5) is 10.5 Å². The van der Waals surface area contributed by atoms with Crippen molar-refractivity contribution in [2.24, 2.45) is 5.92 Å². The third-order valence-corrected chi connectivity index (χ3v) is 4.98. The molecule has 0 bridgehead atoms. The molecule has 2 aliphatic rings. The minimum atomic E-state index is -0.0767. The SMILES string of the molecule is O=C(CCN1CCSC1=O)NCc1cccc(NC(=O)C2CC2)c1. The lowest BCUT2D eigenvalue weighted by atomic mass is 10.2. The van der Waals surface area contributed by atoms with Crippen molar-refractivity contribution in [3.8, 4) is 0 Å². The summed E-state index contributed by atoms with van der Waals surface area (Å²) < 4.78 is 0. The standard InChI is InChI=1S/C17H21N3O3S/c21-15(6-7-20-8-9-24-17(20)23)18-11-12-2-1-3-14(10-12)19-16(22)13-4-5-13/h1-3,10,13H,4-9,11H2,(H,18,21)(H,19,22). The van der Waals surface area contributed by atoms with Gasteiger partial charge in [-0.05, 0) is 30.5 Å². The van der Waals surface area contributed by atoms with E-state index in [1.165, 1.54) is 11.8 Å². The molecular weight excluding hydrogens is 326 g/mol. The van der Waals surface area contributed by atoms with Gasteiger partial charge in [0.2, 0.25) is 11.8 Å². The second-order valence-corrected chi connectivity index (χ2v) is 7.14. The van der Waals surface area contributed by atoms with Crippen molar-refractivity contribution < 1.29 is 14.4 Å². The quantitative estimate of drug-likeness (QED) is 0.793. The molecule has 1 aromatic rings. The maximum Gasteiger partial charge on any atom is 0.281 e. The minimum absolute atomic E-state index is 0.0573. The fourth-order valence-corrected chi connectivity index (χ4v) is 3.35. The monoisotopic (exact) mass is 347 g/mol. The zero-order valence-corrected chi connectivity index (χ0v) is 14.2. The van der Waals surface area contributed by atoms with Gasteiger partial charge in [0.05, 0.1) is 0 Å². The number of carbonyl (C=O) groups excluding carboxylic acids is 3. The molecule has 3 rings (SSSR count). The first kappa shape index (κ1) is 16.8. The van der Waals surface area contributed by atoms with Gasteiger partial charge >= 0.3 is 0 Å². The number of nitrogens with one attached hydrogen (secondary N) is 2. The Balaban J connectivity index is 1.42. The van der Waals surface area contributed by atoms with Gasteiger partial charge in [0, 0.05) is 43.4 Å². The summed E-state index contributed by atoms with van der Waals surface area (Å²) in [5.41, 5.74) is 1.70. The van der Waals surface area contributed by atoms with Crippen LogP contribution < -0.4 is 10.6 Å². The van der Waals surface area contributed by atoms with Crippen molar-refractivity contribution in [2.45, 2.75) is 25.8 Å². The van der Waals surface area contributed by atoms with E-state index in [4.69, 9.17) is 0 Å². The average Bonchev–Trinajstić information content (AvgIpc) is 3.34. The average molecular weight is 347 g/mol. The van der Waals surface area contributed by atoms with Crippen LogP contribution in [0.15, 0.2) is 24.3 Å². The van der Waals surface area contributed by atoms with Gasteiger partial charge in [-0.25, -0.2) is 0 Å². The lowest BCUT2D eigenvalue weighted by Crippen LogP contribution is -2.30. The van der Waals surface area contributed by atoms with Crippen LogP contribution in [0.5, 0.6) is 0 Å². The van der Waals surface area contributed by atoms with E-state index in [9.17, 15) is 14.4 Å². The predicted octanol–water partition coefficient (Wildman–Crippen LogP) is 2.21. The van der Waals surface area contributed by atoms with E-state index >= 15 is 0 Å². The first-order valence-corrected chi connectivity index (χ1v) is 9.18. The highest BCUT2D eigenvalue weighted by Crippen LogP contribution is 2.30. The number of thioether (sulfide) groups is 1. The lowest BCUT2D eigenvalue weighted by Gasteiger charge is -2.14. The third kappa shape index (κ3) is 4.74. The van der Waals surface area contributed by atoms with Gasteiger partial charge in [-0.2, -0.15) is 0 Å². The van der Waals surface area contributed by atoms with Crippen molar-refractivity contribution in [1.29, 1.82) is 0 Å². The normalized spacial score (nSPS) is 17.0. The molecule has 7 heteroatoms. The summed E-state index contributed by atoms with van der Waals surface area (Å²) in [4.78, 5) is 36.9. The number of hydrogen-bond donors (Lipinski definition) is 2. The van der Waals surface area contributed by atoms with Crippen molar-refractivity contribution >= 4 is 34.5 Å². The molecule has 0 radical (unpaired) electrons. The van der Waals surface area contributed by atoms with Crippen molar-refractivity contribution in [1.82, 2.24) is 10.2 Å². The van der Waals surface area contributed by atoms with E-state index in [1.807, 2.05) is 24.3 Å². The highest BCUT2D eigenvalue weighted by Gasteiger charge is 2.29. The minimum Gasteiger partial charge on any atom is -0.352 e. The van der Waals surface area contributed by atoms with E-state index in [-0.39, 0.29) is 23.0 Å². The van der Waals surface area contributed by atoms with Crippen LogP contribution in [0.1, 0.15) is 24.8 Å². The maximum absolute atomic E-state index is 11.9. The van der Waals surface area contributed by atoms with Gasteiger partial charge in [-0.3, -0.25) is 14.4 Å². The summed E-state index contributed by atoms with van der Waals surface area (Å²) in [6.45, 7) is 1.60. The molecule has 6 nitrogen and oxygen atoms in total. The number of anilines is 1. The fourth-order valence-electron chi connectivity index (χ4n) is 2.50. The van der Waals surface area contributed by atoms with Crippen LogP contribution in [0.25, 0.3) is 0 Å². The van der Waals surface area contributed by atoms with E-state index in [0.29, 0.717) is 19.5 Å². The van der Waals surface area contributed by atoms with E-state index in [1.54, 1.807) is 4.90 Å². The Morgan fingerprint density at radius 2 is 2.12 bits per heavy atom. The molecular formula is C17H21N3O3S. The molecule has 0 atom stereocenters.